The zero-order valence-electron chi connectivity index (χ0n) is 8.80. The number of nitrogens with one attached hydrogen (secondary N) is 1. The third-order valence-electron chi connectivity index (χ3n) is 1.97. The van der Waals surface area contributed by atoms with Crippen molar-refractivity contribution in [2.45, 2.75) is 12.5 Å². The Kier molecular flexibility index (Phi) is 4.94. The second kappa shape index (κ2) is 6.24. The predicted molar refractivity (Wildman–Crippen MR) is 59.7 cm³/mol. The molecule has 1 aromatic rings. The standard InChI is InChI=1S/C10H13NO4S/c1-15-7(5-9(12)13)6-11-10(14)8-3-2-4-16-8/h2-4,7H,5-6H2,1H3,(H,11,14)(H,12,13). The molecule has 2 N–H and O–H groups in total. The first-order valence-electron chi connectivity index (χ1n) is 4.69. The SMILES string of the molecule is COC(CNC(=O)c1cccs1)CC(=O)O. The highest BCUT2D eigenvalue weighted by molar-refractivity contribution is 7.12. The van der Waals surface area contributed by atoms with Crippen LogP contribution < -0.4 is 5.32 Å². The Morgan fingerprint density at radius 1 is 1.62 bits per heavy atom. The second-order valence-electron chi connectivity index (χ2n) is 3.14. The summed E-state index contributed by atoms with van der Waals surface area (Å²) in [6, 6.07) is 3.49. The first-order chi connectivity index (χ1) is 7.63. The lowest BCUT2D eigenvalue weighted by molar-refractivity contribution is -0.139. The first kappa shape index (κ1) is 12.7. The van der Waals surface area contributed by atoms with E-state index in [4.69, 9.17) is 9.84 Å². The van der Waals surface area contributed by atoms with E-state index in [0.717, 1.165) is 0 Å². The van der Waals surface area contributed by atoms with E-state index >= 15 is 0 Å². The fraction of sp³-hybridized carbons (Fsp3) is 0.400. The van der Waals surface area contributed by atoms with E-state index in [0.29, 0.717) is 4.88 Å². The highest BCUT2D eigenvalue weighted by atomic mass is 32.1. The number of hydrogen-bond donors (Lipinski definition) is 2. The number of aliphatic carboxylic acids is 1. The Labute approximate surface area is 97.0 Å². The van der Waals surface area contributed by atoms with Gasteiger partial charge in [-0.2, -0.15) is 0 Å². The third-order valence-corrected chi connectivity index (χ3v) is 2.84. The number of ether oxygens (including phenoxy) is 1. The summed E-state index contributed by atoms with van der Waals surface area (Å²) < 4.78 is 4.94. The molecule has 0 aliphatic carbocycles. The van der Waals surface area contributed by atoms with Crippen molar-refractivity contribution in [2.75, 3.05) is 13.7 Å². The minimum absolute atomic E-state index is 0.124. The summed E-state index contributed by atoms with van der Waals surface area (Å²) >= 11 is 1.34. The Morgan fingerprint density at radius 3 is 2.88 bits per heavy atom. The van der Waals surface area contributed by atoms with E-state index in [-0.39, 0.29) is 18.9 Å². The number of methoxy groups -OCH3 is 1. The van der Waals surface area contributed by atoms with Crippen molar-refractivity contribution in [1.82, 2.24) is 5.32 Å². The fourth-order valence-corrected chi connectivity index (χ4v) is 1.78. The summed E-state index contributed by atoms with van der Waals surface area (Å²) in [5.74, 6) is -1.15. The molecule has 1 heterocycles. The average molecular weight is 243 g/mol. The Morgan fingerprint density at radius 2 is 2.38 bits per heavy atom. The molecule has 1 rings (SSSR count). The minimum atomic E-state index is -0.947. The van der Waals surface area contributed by atoms with Crippen LogP contribution in [0.1, 0.15) is 16.1 Å². The molecule has 0 bridgehead atoms. The van der Waals surface area contributed by atoms with Crippen LogP contribution in [-0.4, -0.2) is 36.7 Å². The van der Waals surface area contributed by atoms with Crippen molar-refractivity contribution in [3.8, 4) is 0 Å². The van der Waals surface area contributed by atoms with Crippen LogP contribution in [0.25, 0.3) is 0 Å². The number of carbonyl (C=O) groups excluding carboxylic acids is 1. The van der Waals surface area contributed by atoms with Gasteiger partial charge in [0.2, 0.25) is 0 Å². The largest absolute Gasteiger partial charge is 0.481 e. The zero-order chi connectivity index (χ0) is 12.0. The van der Waals surface area contributed by atoms with E-state index in [1.807, 2.05) is 0 Å². The Bertz CT molecular complexity index is 350. The van der Waals surface area contributed by atoms with Crippen molar-refractivity contribution in [1.29, 1.82) is 0 Å². The molecule has 0 fully saturated rings. The fourth-order valence-electron chi connectivity index (χ4n) is 1.14. The molecule has 0 aliphatic rings. The molecule has 0 spiro atoms. The van der Waals surface area contributed by atoms with Crippen LogP contribution in [0, 0.1) is 0 Å². The molecular weight excluding hydrogens is 230 g/mol. The van der Waals surface area contributed by atoms with Crippen molar-refractivity contribution in [2.24, 2.45) is 0 Å². The number of amides is 1. The zero-order valence-corrected chi connectivity index (χ0v) is 9.62. The van der Waals surface area contributed by atoms with E-state index in [1.165, 1.54) is 18.4 Å². The van der Waals surface area contributed by atoms with Gasteiger partial charge in [-0.3, -0.25) is 9.59 Å². The normalized spacial score (nSPS) is 12.1. The van der Waals surface area contributed by atoms with Gasteiger partial charge in [0.15, 0.2) is 0 Å². The smallest absolute Gasteiger partial charge is 0.306 e. The van der Waals surface area contributed by atoms with Crippen LogP contribution in [0.4, 0.5) is 0 Å². The molecule has 1 unspecified atom stereocenters. The predicted octanol–water partition coefficient (Wildman–Crippen LogP) is 0.968. The maximum Gasteiger partial charge on any atom is 0.306 e. The number of carboxylic acid groups (broad SMARTS) is 1. The molecule has 0 aromatic carbocycles. The van der Waals surface area contributed by atoms with Crippen LogP contribution >= 0.6 is 11.3 Å². The molecule has 0 radical (unpaired) electrons. The molecule has 0 saturated heterocycles. The average Bonchev–Trinajstić information content (AvgIpc) is 2.76. The number of hydrogen-bond acceptors (Lipinski definition) is 4. The highest BCUT2D eigenvalue weighted by Crippen LogP contribution is 2.07. The van der Waals surface area contributed by atoms with E-state index in [1.54, 1.807) is 17.5 Å². The maximum absolute atomic E-state index is 11.5. The quantitative estimate of drug-likeness (QED) is 0.780. The molecular formula is C10H13NO4S. The molecule has 1 aromatic heterocycles. The lowest BCUT2D eigenvalue weighted by Crippen LogP contribution is -2.34. The minimum Gasteiger partial charge on any atom is -0.481 e. The van der Waals surface area contributed by atoms with Gasteiger partial charge >= 0.3 is 5.97 Å². The maximum atomic E-state index is 11.5. The first-order valence-corrected chi connectivity index (χ1v) is 5.57. The number of carboxylic acids is 1. The molecule has 1 amide bonds. The summed E-state index contributed by atoms with van der Waals surface area (Å²) in [5.41, 5.74) is 0. The van der Waals surface area contributed by atoms with Gasteiger partial charge in [0.1, 0.15) is 0 Å². The lowest BCUT2D eigenvalue weighted by atomic mass is 10.2. The summed E-state index contributed by atoms with van der Waals surface area (Å²) in [5, 5.41) is 13.0. The molecule has 88 valence electrons. The van der Waals surface area contributed by atoms with Crippen molar-refractivity contribution < 1.29 is 19.4 Å². The second-order valence-corrected chi connectivity index (χ2v) is 4.09. The van der Waals surface area contributed by atoms with E-state index in [9.17, 15) is 9.59 Å². The van der Waals surface area contributed by atoms with Crippen LogP contribution in [0.3, 0.4) is 0 Å². The van der Waals surface area contributed by atoms with Crippen LogP contribution in [0.5, 0.6) is 0 Å². The number of carbonyl (C=O) groups is 2. The topological polar surface area (TPSA) is 75.6 Å². The Hall–Kier alpha value is -1.40. The van der Waals surface area contributed by atoms with Gasteiger partial charge in [-0.1, -0.05) is 6.07 Å². The molecule has 0 saturated carbocycles. The molecule has 0 aliphatic heterocycles. The molecule has 1 atom stereocenters. The Balaban J connectivity index is 2.38. The van der Waals surface area contributed by atoms with Crippen LogP contribution in [0.2, 0.25) is 0 Å². The van der Waals surface area contributed by atoms with Gasteiger partial charge in [0.05, 0.1) is 17.4 Å². The van der Waals surface area contributed by atoms with Gasteiger partial charge in [-0.15, -0.1) is 11.3 Å². The van der Waals surface area contributed by atoms with Crippen molar-refractivity contribution in [3.05, 3.63) is 22.4 Å². The van der Waals surface area contributed by atoms with Crippen molar-refractivity contribution in [3.63, 3.8) is 0 Å². The monoisotopic (exact) mass is 243 g/mol. The number of rotatable bonds is 6. The van der Waals surface area contributed by atoms with E-state index in [2.05, 4.69) is 5.32 Å². The third kappa shape index (κ3) is 4.00. The van der Waals surface area contributed by atoms with Gasteiger partial charge in [-0.25, -0.2) is 0 Å². The summed E-state index contributed by atoms with van der Waals surface area (Å²) in [6.07, 6.45) is -0.622. The lowest BCUT2D eigenvalue weighted by Gasteiger charge is -2.13. The van der Waals surface area contributed by atoms with Crippen molar-refractivity contribution >= 4 is 23.2 Å². The summed E-state index contributed by atoms with van der Waals surface area (Å²) in [6.45, 7) is 0.194. The molecule has 5 nitrogen and oxygen atoms in total. The van der Waals surface area contributed by atoms with Crippen LogP contribution in [-0.2, 0) is 9.53 Å². The van der Waals surface area contributed by atoms with Gasteiger partial charge in [0, 0.05) is 13.7 Å². The number of thiophene rings is 1. The van der Waals surface area contributed by atoms with Gasteiger partial charge < -0.3 is 15.2 Å². The molecule has 16 heavy (non-hydrogen) atoms. The van der Waals surface area contributed by atoms with Gasteiger partial charge in [0.25, 0.3) is 5.91 Å². The highest BCUT2D eigenvalue weighted by Gasteiger charge is 2.14. The van der Waals surface area contributed by atoms with Crippen LogP contribution in [0.15, 0.2) is 17.5 Å². The van der Waals surface area contributed by atoms with E-state index < -0.39 is 12.1 Å². The summed E-state index contributed by atoms with van der Waals surface area (Å²) in [7, 11) is 1.42. The summed E-state index contributed by atoms with van der Waals surface area (Å²) in [4.78, 5) is 22.6. The molecule has 6 heteroatoms. The van der Waals surface area contributed by atoms with Gasteiger partial charge in [-0.05, 0) is 11.4 Å².